The molecule has 0 aliphatic carbocycles. The summed E-state index contributed by atoms with van der Waals surface area (Å²) >= 11 is 0. The van der Waals surface area contributed by atoms with Gasteiger partial charge in [0.1, 0.15) is 17.5 Å². The number of urea groups is 1. The fraction of sp³-hybridized carbons (Fsp3) is 0.397. The molecule has 3 aromatic carbocycles. The van der Waals surface area contributed by atoms with E-state index in [1.54, 1.807) is 61.3 Å². The fourth-order valence-electron chi connectivity index (χ4n) is 9.25. The first-order chi connectivity index (χ1) is 39.9. The number of rotatable bonds is 15. The second kappa shape index (κ2) is 28.3. The third-order valence-electron chi connectivity index (χ3n) is 13.2. The van der Waals surface area contributed by atoms with Crippen LogP contribution in [0.25, 0.3) is 33.8 Å². The van der Waals surface area contributed by atoms with Crippen molar-refractivity contribution >= 4 is 49.2 Å². The van der Waals surface area contributed by atoms with E-state index in [1.165, 1.54) is 57.9 Å². The number of sulfonamides is 2. The van der Waals surface area contributed by atoms with Crippen molar-refractivity contribution in [3.63, 3.8) is 0 Å². The largest absolute Gasteiger partial charge is 0.398 e. The highest BCUT2D eigenvalue weighted by Crippen LogP contribution is 2.39. The van der Waals surface area contributed by atoms with Gasteiger partial charge in [-0.1, -0.05) is 41.5 Å². The molecule has 0 bridgehead atoms. The molecule has 5 heterocycles. The average molecular weight is 1230 g/mol. The summed E-state index contributed by atoms with van der Waals surface area (Å²) in [6.07, 6.45) is 1.56. The van der Waals surface area contributed by atoms with Crippen LogP contribution in [0.3, 0.4) is 0 Å². The van der Waals surface area contributed by atoms with Crippen LogP contribution < -0.4 is 20.9 Å². The van der Waals surface area contributed by atoms with Gasteiger partial charge in [-0.3, -0.25) is 23.4 Å². The summed E-state index contributed by atoms with van der Waals surface area (Å²) in [5.74, 6) is -1.01. The van der Waals surface area contributed by atoms with Gasteiger partial charge in [0.15, 0.2) is 10.1 Å². The molecule has 8 rings (SSSR count). The first-order valence-electron chi connectivity index (χ1n) is 27.0. The van der Waals surface area contributed by atoms with Gasteiger partial charge in [-0.15, -0.1) is 0 Å². The molecule has 0 spiro atoms. The number of amides is 2. The Morgan fingerprint density at radius 1 is 0.570 bits per heavy atom. The van der Waals surface area contributed by atoms with Gasteiger partial charge in [0.25, 0.3) is 20.0 Å². The number of aliphatic imine (C=N–C) groups is 1. The molecule has 8 aromatic rings. The van der Waals surface area contributed by atoms with E-state index in [0.29, 0.717) is 69.4 Å². The van der Waals surface area contributed by atoms with Crippen molar-refractivity contribution in [1.29, 1.82) is 0 Å². The average Bonchev–Trinajstić information content (AvgIpc) is 4.43. The summed E-state index contributed by atoms with van der Waals surface area (Å²) < 4.78 is 99.6. The van der Waals surface area contributed by atoms with Gasteiger partial charge in [-0.05, 0) is 138 Å². The molecule has 86 heavy (non-hydrogen) atoms. The number of nitrogens with two attached hydrogens (primary N) is 2. The minimum Gasteiger partial charge on any atom is -0.398 e. The molecule has 0 saturated carbocycles. The molecule has 0 saturated heterocycles. The number of benzene rings is 3. The molecule has 23 nitrogen and oxygen atoms in total. The number of hydrogen-bond donors (Lipinski definition) is 4. The summed E-state index contributed by atoms with van der Waals surface area (Å²) in [6.45, 7) is 18.2. The minimum absolute atomic E-state index is 0.0471. The zero-order valence-corrected chi connectivity index (χ0v) is 53.5. The van der Waals surface area contributed by atoms with E-state index >= 15 is 0 Å². The quantitative estimate of drug-likeness (QED) is 0.0423. The molecule has 0 unspecified atom stereocenters. The number of hydrogen-bond acceptors (Lipinski definition) is 15. The molecule has 6 N–H and O–H groups in total. The number of nitrogens with one attached hydrogen (secondary N) is 2. The maximum absolute atomic E-state index is 14.5. The van der Waals surface area contributed by atoms with Gasteiger partial charge >= 0.3 is 6.03 Å². The zero-order valence-electron chi connectivity index (χ0n) is 51.9. The van der Waals surface area contributed by atoms with Crippen LogP contribution in [0.4, 0.5) is 35.0 Å². The van der Waals surface area contributed by atoms with Crippen molar-refractivity contribution in [3.8, 4) is 33.8 Å². The van der Waals surface area contributed by atoms with Gasteiger partial charge in [0, 0.05) is 82.8 Å². The minimum atomic E-state index is -4.24. The molecular weight excluding hydrogens is 1150 g/mol. The number of carbonyl (C=O) groups excluding carboxylic acids is 2. The summed E-state index contributed by atoms with van der Waals surface area (Å²) in [4.78, 5) is 31.1. The Morgan fingerprint density at radius 3 is 1.35 bits per heavy atom. The summed E-state index contributed by atoms with van der Waals surface area (Å²) in [7, 11) is 8.19. The molecule has 0 radical (unpaired) electrons. The molecule has 0 fully saturated rings. The van der Waals surface area contributed by atoms with E-state index in [0.717, 1.165) is 39.7 Å². The summed E-state index contributed by atoms with van der Waals surface area (Å²) in [5.41, 5.74) is 17.3. The number of nitrogen functional groups attached to an aromatic ring is 1. The second-order valence-electron chi connectivity index (χ2n) is 22.1. The van der Waals surface area contributed by atoms with Crippen molar-refractivity contribution < 1.29 is 39.6 Å². The van der Waals surface area contributed by atoms with Crippen molar-refractivity contribution in [2.24, 2.45) is 45.4 Å². The molecule has 28 heteroatoms. The Labute approximate surface area is 501 Å². The number of nitrogens with zero attached hydrogens (tertiary/aromatic N) is 13. The Bertz CT molecular complexity index is 4020. The van der Waals surface area contributed by atoms with Gasteiger partial charge in [-0.2, -0.15) is 38.9 Å². The Morgan fingerprint density at radius 2 is 0.953 bits per heavy atom. The highest BCUT2D eigenvalue weighted by atomic mass is 32.2. The van der Waals surface area contributed by atoms with Gasteiger partial charge < -0.3 is 20.9 Å². The van der Waals surface area contributed by atoms with E-state index in [-0.39, 0.29) is 39.4 Å². The first kappa shape index (κ1) is 68.5. The Kier molecular flexibility index (Phi) is 22.5. The van der Waals surface area contributed by atoms with Crippen LogP contribution in [0.2, 0.25) is 0 Å². The fourth-order valence-corrected chi connectivity index (χ4v) is 10.7. The number of isocyanates is 1. The lowest BCUT2D eigenvalue weighted by Gasteiger charge is -2.19. The van der Waals surface area contributed by atoms with E-state index in [1.807, 2.05) is 117 Å². The number of aryl methyl sites for hydroxylation is 8. The van der Waals surface area contributed by atoms with Crippen molar-refractivity contribution in [2.45, 2.75) is 103 Å². The molecule has 2 amide bonds. The Hall–Kier alpha value is -8.27. The number of aromatic nitrogens is 10. The van der Waals surface area contributed by atoms with E-state index in [9.17, 15) is 39.6 Å². The van der Waals surface area contributed by atoms with Crippen LogP contribution in [0.15, 0.2) is 81.8 Å². The Balaban J connectivity index is 0.000000223. The van der Waals surface area contributed by atoms with Crippen LogP contribution in [0.1, 0.15) is 104 Å². The number of primary sulfonamides is 1. The third-order valence-corrected chi connectivity index (χ3v) is 15.2. The molecular formula is C58H78F3N17O6S2. The van der Waals surface area contributed by atoms with Crippen molar-refractivity contribution in [1.82, 2.24) is 63.4 Å². The standard InChI is InChI=1S/C22H30FN7O3S.C15H16FN3O.C14H18FN3.C7H14N4O2S/c1-13(2)17-9-15(23)10-18(19-8-14(3)25-30(19)7)21(17)24-22(31)27-34(32,33)20-11-16(12-28(4)5)29(6)26-20;1-9(2)12-6-11(16)7-13(15(12)17-8-20)14-5-10(3)18-19(14)4;1-8(2)11-6-10(15)7-12(14(11)16)13-5-9(3)17-18(13)4;1-10(2)5-6-4-7(9-11(6)3)14(8,12)13/h8-11,13H,12H2,1-7H3,(H2,24,27,31);5-7,9H,1-4H3;5-8H,16H2,1-4H3;4H,5H2,1-3H3,(H2,8,12,13). The summed E-state index contributed by atoms with van der Waals surface area (Å²) in [5, 5.41) is 27.9. The van der Waals surface area contributed by atoms with Crippen LogP contribution in [0.5, 0.6) is 0 Å². The van der Waals surface area contributed by atoms with E-state index in [4.69, 9.17) is 10.9 Å². The maximum atomic E-state index is 14.5. The molecule has 464 valence electrons. The zero-order chi connectivity index (χ0) is 64.6. The molecule has 0 aliphatic heterocycles. The van der Waals surface area contributed by atoms with Gasteiger partial charge in [0.05, 0.1) is 56.9 Å². The lowest BCUT2D eigenvalue weighted by Crippen LogP contribution is -2.35. The highest BCUT2D eigenvalue weighted by molar-refractivity contribution is 7.90. The normalized spacial score (nSPS) is 11.6. The molecule has 5 aromatic heterocycles. The van der Waals surface area contributed by atoms with E-state index < -0.39 is 31.9 Å². The lowest BCUT2D eigenvalue weighted by molar-refractivity contribution is 0.256. The van der Waals surface area contributed by atoms with E-state index in [2.05, 4.69) is 35.8 Å². The monoisotopic (exact) mass is 1230 g/mol. The predicted molar refractivity (Wildman–Crippen MR) is 326 cm³/mol. The van der Waals surface area contributed by atoms with Crippen LogP contribution in [-0.2, 0) is 73.2 Å². The maximum Gasteiger partial charge on any atom is 0.333 e. The highest BCUT2D eigenvalue weighted by Gasteiger charge is 2.26. The smallest absolute Gasteiger partial charge is 0.333 e. The summed E-state index contributed by atoms with van der Waals surface area (Å²) in [6, 6.07) is 15.8. The first-order valence-corrected chi connectivity index (χ1v) is 30.0. The lowest BCUT2D eigenvalue weighted by atomic mass is 9.96. The van der Waals surface area contributed by atoms with Crippen LogP contribution >= 0.6 is 0 Å². The van der Waals surface area contributed by atoms with Crippen molar-refractivity contribution in [2.75, 3.05) is 39.2 Å². The number of anilines is 2. The van der Waals surface area contributed by atoms with Crippen molar-refractivity contribution in [3.05, 3.63) is 129 Å². The second-order valence-corrected chi connectivity index (χ2v) is 25.2. The topological polar surface area (TPSA) is 286 Å². The SMILES string of the molecule is CN(C)Cc1cc(S(N)(=O)=O)nn1C.Cc1cc(-c2cc(F)cc(C(C)C)c2N)n(C)n1.Cc1cc(-c2cc(F)cc(C(C)C)c2N=C=O)n(C)n1.Cc1cc(-c2cc(F)cc(C(C)C)c2NC(=O)NS(=O)(=O)c2cc(CN(C)C)n(C)n2)n(C)n1. The van der Waals surface area contributed by atoms with Gasteiger partial charge in [-0.25, -0.2) is 41.0 Å². The number of halogens is 3. The van der Waals surface area contributed by atoms with Gasteiger partial charge in [0.2, 0.25) is 6.08 Å². The van der Waals surface area contributed by atoms with Crippen LogP contribution in [-0.4, -0.2) is 116 Å². The predicted octanol–water partition coefficient (Wildman–Crippen LogP) is 8.96. The molecule has 0 aliphatic rings. The number of carbonyl (C=O) groups is 1. The third kappa shape index (κ3) is 17.4. The molecule has 0 atom stereocenters. The van der Waals surface area contributed by atoms with Crippen LogP contribution in [0, 0.1) is 38.2 Å².